The Bertz CT molecular complexity index is 975. The van der Waals surface area contributed by atoms with Gasteiger partial charge in [0.1, 0.15) is 5.60 Å². The SMILES string of the molecule is Cc1cccc(-n2cc3c(N(C)C(=O)OC(C)(C)C)cc(Br)cc3n2)n1. The van der Waals surface area contributed by atoms with Crippen molar-refractivity contribution in [2.24, 2.45) is 0 Å². The largest absolute Gasteiger partial charge is 0.443 e. The van der Waals surface area contributed by atoms with E-state index >= 15 is 0 Å². The van der Waals surface area contributed by atoms with Gasteiger partial charge in [0.25, 0.3) is 0 Å². The number of carbonyl (C=O) groups excluding carboxylic acids is 1. The van der Waals surface area contributed by atoms with Crippen LogP contribution < -0.4 is 4.90 Å². The van der Waals surface area contributed by atoms with Crippen LogP contribution in [0.25, 0.3) is 16.7 Å². The summed E-state index contributed by atoms with van der Waals surface area (Å²) in [6, 6.07) is 9.56. The predicted molar refractivity (Wildman–Crippen MR) is 106 cm³/mol. The van der Waals surface area contributed by atoms with Crippen LogP contribution >= 0.6 is 15.9 Å². The van der Waals surface area contributed by atoms with E-state index in [9.17, 15) is 4.79 Å². The molecule has 3 aromatic rings. The van der Waals surface area contributed by atoms with Gasteiger partial charge >= 0.3 is 6.09 Å². The van der Waals surface area contributed by atoms with Crippen LogP contribution in [-0.2, 0) is 4.74 Å². The van der Waals surface area contributed by atoms with E-state index in [1.807, 2.05) is 64.2 Å². The van der Waals surface area contributed by atoms with Crippen LogP contribution in [0.4, 0.5) is 10.5 Å². The van der Waals surface area contributed by atoms with E-state index in [1.54, 1.807) is 11.7 Å². The topological polar surface area (TPSA) is 60.2 Å². The zero-order valence-corrected chi connectivity index (χ0v) is 17.0. The van der Waals surface area contributed by atoms with E-state index in [4.69, 9.17) is 4.74 Å². The lowest BCUT2D eigenvalue weighted by atomic mass is 10.2. The van der Waals surface area contributed by atoms with Crippen LogP contribution in [0, 0.1) is 6.92 Å². The zero-order chi connectivity index (χ0) is 19.1. The minimum absolute atomic E-state index is 0.418. The zero-order valence-electron chi connectivity index (χ0n) is 15.4. The molecule has 26 heavy (non-hydrogen) atoms. The predicted octanol–water partition coefficient (Wildman–Crippen LogP) is 4.86. The Morgan fingerprint density at radius 2 is 2.00 bits per heavy atom. The smallest absolute Gasteiger partial charge is 0.414 e. The Labute approximate surface area is 160 Å². The average Bonchev–Trinajstić information content (AvgIpc) is 2.95. The van der Waals surface area contributed by atoms with Gasteiger partial charge in [0.2, 0.25) is 0 Å². The second-order valence-corrected chi connectivity index (χ2v) is 8.02. The van der Waals surface area contributed by atoms with E-state index < -0.39 is 11.7 Å². The number of hydrogen-bond donors (Lipinski definition) is 0. The number of aromatic nitrogens is 3. The summed E-state index contributed by atoms with van der Waals surface area (Å²) >= 11 is 3.50. The molecular formula is C19H21BrN4O2. The third kappa shape index (κ3) is 3.88. The molecule has 0 saturated carbocycles. The molecule has 136 valence electrons. The number of aryl methyl sites for hydroxylation is 1. The first-order valence-corrected chi connectivity index (χ1v) is 9.03. The highest BCUT2D eigenvalue weighted by molar-refractivity contribution is 9.10. The molecule has 0 bridgehead atoms. The lowest BCUT2D eigenvalue weighted by Gasteiger charge is -2.25. The lowest BCUT2D eigenvalue weighted by molar-refractivity contribution is 0.0590. The fourth-order valence-electron chi connectivity index (χ4n) is 2.55. The van der Waals surface area contributed by atoms with Gasteiger partial charge in [-0.15, -0.1) is 0 Å². The van der Waals surface area contributed by atoms with Crippen LogP contribution in [0.5, 0.6) is 0 Å². The first kappa shape index (κ1) is 18.4. The maximum absolute atomic E-state index is 12.5. The number of anilines is 1. The van der Waals surface area contributed by atoms with Crippen molar-refractivity contribution >= 4 is 38.6 Å². The number of halogens is 1. The van der Waals surface area contributed by atoms with Crippen LogP contribution in [0.3, 0.4) is 0 Å². The molecule has 0 aliphatic heterocycles. The quantitative estimate of drug-likeness (QED) is 0.598. The van der Waals surface area contributed by atoms with E-state index in [1.165, 1.54) is 4.90 Å². The Morgan fingerprint density at radius 1 is 1.27 bits per heavy atom. The number of rotatable bonds is 2. The molecule has 1 aromatic carbocycles. The van der Waals surface area contributed by atoms with Gasteiger partial charge in [-0.2, -0.15) is 5.10 Å². The van der Waals surface area contributed by atoms with Crippen molar-refractivity contribution in [2.45, 2.75) is 33.3 Å². The van der Waals surface area contributed by atoms with Crippen LogP contribution in [0.15, 0.2) is 41.0 Å². The summed E-state index contributed by atoms with van der Waals surface area (Å²) in [5.74, 6) is 0.725. The summed E-state index contributed by atoms with van der Waals surface area (Å²) in [5, 5.41) is 5.45. The summed E-state index contributed by atoms with van der Waals surface area (Å²) in [4.78, 5) is 18.5. The molecule has 0 spiro atoms. The Morgan fingerprint density at radius 3 is 2.65 bits per heavy atom. The number of fused-ring (bicyclic) bond motifs is 1. The van der Waals surface area contributed by atoms with E-state index in [2.05, 4.69) is 26.0 Å². The third-order valence-corrected chi connectivity index (χ3v) is 4.16. The molecule has 0 radical (unpaired) electrons. The number of benzene rings is 1. The molecule has 0 unspecified atom stereocenters. The Balaban J connectivity index is 2.07. The monoisotopic (exact) mass is 416 g/mol. The normalized spacial score (nSPS) is 11.6. The molecule has 0 aliphatic rings. The molecule has 0 saturated heterocycles. The minimum atomic E-state index is -0.563. The molecule has 0 N–H and O–H groups in total. The highest BCUT2D eigenvalue weighted by Gasteiger charge is 2.23. The van der Waals surface area contributed by atoms with Crippen LogP contribution in [0.2, 0.25) is 0 Å². The first-order valence-electron chi connectivity index (χ1n) is 8.24. The van der Waals surface area contributed by atoms with E-state index in [0.29, 0.717) is 5.69 Å². The molecule has 3 rings (SSSR count). The van der Waals surface area contributed by atoms with E-state index in [-0.39, 0.29) is 0 Å². The number of amides is 1. The molecule has 2 aromatic heterocycles. The minimum Gasteiger partial charge on any atom is -0.443 e. The summed E-state index contributed by atoms with van der Waals surface area (Å²) in [6.07, 6.45) is 1.46. The lowest BCUT2D eigenvalue weighted by Crippen LogP contribution is -2.34. The van der Waals surface area contributed by atoms with Gasteiger partial charge in [0.15, 0.2) is 5.82 Å². The summed E-state index contributed by atoms with van der Waals surface area (Å²) < 4.78 is 8.03. The van der Waals surface area contributed by atoms with Gasteiger partial charge in [-0.05, 0) is 52.0 Å². The maximum atomic E-state index is 12.5. The van der Waals surface area contributed by atoms with Gasteiger partial charge in [-0.25, -0.2) is 14.5 Å². The van der Waals surface area contributed by atoms with Gasteiger partial charge in [-0.3, -0.25) is 4.90 Å². The molecule has 2 heterocycles. The van der Waals surface area contributed by atoms with Gasteiger partial charge < -0.3 is 4.74 Å². The molecule has 1 amide bonds. The highest BCUT2D eigenvalue weighted by atomic mass is 79.9. The number of carbonyl (C=O) groups is 1. The summed E-state index contributed by atoms with van der Waals surface area (Å²) in [6.45, 7) is 7.47. The standard InChI is InChI=1S/C19H21BrN4O2/c1-12-7-6-8-17(21-12)24-11-14-15(22-24)9-13(20)10-16(14)23(5)18(25)26-19(2,3)4/h6-11H,1-5H3. The summed E-state index contributed by atoms with van der Waals surface area (Å²) in [7, 11) is 1.69. The number of nitrogens with zero attached hydrogens (tertiary/aromatic N) is 4. The van der Waals surface area contributed by atoms with Crippen molar-refractivity contribution in [3.8, 4) is 5.82 Å². The second kappa shape index (κ2) is 6.72. The number of ether oxygens (including phenoxy) is 1. The fraction of sp³-hybridized carbons (Fsp3) is 0.316. The van der Waals surface area contributed by atoms with Crippen molar-refractivity contribution in [3.63, 3.8) is 0 Å². The molecule has 0 fully saturated rings. The van der Waals surface area contributed by atoms with Crippen molar-refractivity contribution in [1.82, 2.24) is 14.8 Å². The number of pyridine rings is 1. The molecule has 0 atom stereocenters. The van der Waals surface area contributed by atoms with Gasteiger partial charge in [0, 0.05) is 28.8 Å². The Hall–Kier alpha value is -2.41. The molecule has 0 aliphatic carbocycles. The Kier molecular flexibility index (Phi) is 4.75. The maximum Gasteiger partial charge on any atom is 0.414 e. The molecule has 7 heteroatoms. The molecule has 6 nitrogen and oxygen atoms in total. The van der Waals surface area contributed by atoms with Crippen molar-refractivity contribution in [1.29, 1.82) is 0 Å². The van der Waals surface area contributed by atoms with Crippen LogP contribution in [0.1, 0.15) is 26.5 Å². The highest BCUT2D eigenvalue weighted by Crippen LogP contribution is 2.31. The molecular weight excluding hydrogens is 396 g/mol. The number of hydrogen-bond acceptors (Lipinski definition) is 4. The average molecular weight is 417 g/mol. The fourth-order valence-corrected chi connectivity index (χ4v) is 2.99. The third-order valence-electron chi connectivity index (χ3n) is 3.71. The van der Waals surface area contributed by atoms with Crippen molar-refractivity contribution in [3.05, 3.63) is 46.7 Å². The van der Waals surface area contributed by atoms with Gasteiger partial charge in [-0.1, -0.05) is 22.0 Å². The second-order valence-electron chi connectivity index (χ2n) is 7.11. The first-order chi connectivity index (χ1) is 12.1. The van der Waals surface area contributed by atoms with Crippen molar-refractivity contribution in [2.75, 3.05) is 11.9 Å². The van der Waals surface area contributed by atoms with E-state index in [0.717, 1.165) is 26.9 Å². The van der Waals surface area contributed by atoms with Gasteiger partial charge in [0.05, 0.1) is 11.2 Å². The summed E-state index contributed by atoms with van der Waals surface area (Å²) in [5.41, 5.74) is 1.82. The van der Waals surface area contributed by atoms with Crippen molar-refractivity contribution < 1.29 is 9.53 Å². The van der Waals surface area contributed by atoms with Crippen LogP contribution in [-0.4, -0.2) is 33.5 Å².